The van der Waals surface area contributed by atoms with Crippen LogP contribution in [0.15, 0.2) is 0 Å². The average Bonchev–Trinajstić information content (AvgIpc) is 2.09. The summed E-state index contributed by atoms with van der Waals surface area (Å²) >= 11 is 0. The largest absolute Gasteiger partial charge is 0.330 e. The van der Waals surface area contributed by atoms with Crippen molar-refractivity contribution in [3.05, 3.63) is 0 Å². The van der Waals surface area contributed by atoms with Gasteiger partial charge in [-0.1, -0.05) is 6.42 Å². The van der Waals surface area contributed by atoms with Crippen molar-refractivity contribution < 1.29 is 14.4 Å². The molecule has 1 heterocycles. The van der Waals surface area contributed by atoms with Crippen molar-refractivity contribution in [3.8, 4) is 0 Å². The van der Waals surface area contributed by atoms with Crippen LogP contribution in [-0.2, 0) is 9.59 Å². The van der Waals surface area contributed by atoms with E-state index in [1.54, 1.807) is 0 Å². The number of urea groups is 1. The Bertz CT molecular complexity index is 245. The van der Waals surface area contributed by atoms with E-state index in [1.165, 1.54) is 0 Å². The van der Waals surface area contributed by atoms with Crippen LogP contribution in [-0.4, -0.2) is 24.4 Å². The zero-order chi connectivity index (χ0) is 10.6. The predicted molar refractivity (Wildman–Crippen MR) is 48.1 cm³/mol. The maximum absolute atomic E-state index is 11.2. The second kappa shape index (κ2) is 4.71. The Morgan fingerprint density at radius 1 is 1.07 bits per heavy atom. The predicted octanol–water partition coefficient (Wildman–Crippen LogP) is -0.902. The topological polar surface area (TPSA) is 101 Å². The summed E-state index contributed by atoms with van der Waals surface area (Å²) in [5, 5.41) is 4.09. The molecule has 1 rings (SSSR count). The zero-order valence-electron chi connectivity index (χ0n) is 7.71. The van der Waals surface area contributed by atoms with E-state index in [0.717, 1.165) is 6.42 Å². The minimum Gasteiger partial charge on any atom is -0.330 e. The number of barbiturate groups is 1. The summed E-state index contributed by atoms with van der Waals surface area (Å²) in [6.07, 6.45) is 1.91. The summed E-state index contributed by atoms with van der Waals surface area (Å²) in [5.41, 5.74) is 5.28. The van der Waals surface area contributed by atoms with Crippen molar-refractivity contribution in [2.24, 2.45) is 11.7 Å². The third kappa shape index (κ3) is 2.53. The molecular formula is C8H13N3O3. The highest BCUT2D eigenvalue weighted by molar-refractivity contribution is 6.16. The zero-order valence-corrected chi connectivity index (χ0v) is 7.71. The van der Waals surface area contributed by atoms with Crippen molar-refractivity contribution in [1.29, 1.82) is 0 Å². The molecule has 0 aromatic heterocycles. The van der Waals surface area contributed by atoms with Crippen LogP contribution >= 0.6 is 0 Å². The van der Waals surface area contributed by atoms with Gasteiger partial charge in [0.05, 0.1) is 0 Å². The molecule has 0 atom stereocenters. The fraction of sp³-hybridized carbons (Fsp3) is 0.625. The molecule has 6 heteroatoms. The second-order valence-electron chi connectivity index (χ2n) is 3.14. The number of carbonyl (C=O) groups excluding carboxylic acids is 3. The minimum absolute atomic E-state index is 0.433. The Morgan fingerprint density at radius 3 is 2.14 bits per heavy atom. The van der Waals surface area contributed by atoms with Gasteiger partial charge in [-0.2, -0.15) is 0 Å². The summed E-state index contributed by atoms with van der Waals surface area (Å²) in [6.45, 7) is 0.537. The number of carbonyl (C=O) groups is 3. The molecule has 0 aromatic carbocycles. The normalized spacial score (nSPS) is 17.9. The van der Waals surface area contributed by atoms with Gasteiger partial charge in [-0.3, -0.25) is 20.2 Å². The van der Waals surface area contributed by atoms with E-state index in [0.29, 0.717) is 19.4 Å². The van der Waals surface area contributed by atoms with Crippen molar-refractivity contribution in [2.75, 3.05) is 6.54 Å². The van der Waals surface area contributed by atoms with E-state index >= 15 is 0 Å². The van der Waals surface area contributed by atoms with Crippen LogP contribution in [0.3, 0.4) is 0 Å². The molecule has 0 aliphatic carbocycles. The van der Waals surface area contributed by atoms with E-state index in [9.17, 15) is 14.4 Å². The van der Waals surface area contributed by atoms with Crippen LogP contribution in [0.25, 0.3) is 0 Å². The molecule has 4 amide bonds. The maximum atomic E-state index is 11.2. The number of imide groups is 2. The third-order valence-electron chi connectivity index (χ3n) is 2.05. The van der Waals surface area contributed by atoms with E-state index in [4.69, 9.17) is 5.73 Å². The van der Waals surface area contributed by atoms with Gasteiger partial charge in [-0.15, -0.1) is 0 Å². The van der Waals surface area contributed by atoms with Crippen LogP contribution in [0.5, 0.6) is 0 Å². The summed E-state index contributed by atoms with van der Waals surface area (Å²) in [5.74, 6) is -1.79. The molecular weight excluding hydrogens is 186 g/mol. The number of hydrogen-bond donors (Lipinski definition) is 3. The van der Waals surface area contributed by atoms with Gasteiger partial charge < -0.3 is 5.73 Å². The summed E-state index contributed by atoms with van der Waals surface area (Å²) in [7, 11) is 0. The summed E-state index contributed by atoms with van der Waals surface area (Å²) in [6, 6.07) is -0.741. The van der Waals surface area contributed by atoms with Crippen molar-refractivity contribution >= 4 is 17.8 Å². The average molecular weight is 199 g/mol. The van der Waals surface area contributed by atoms with Gasteiger partial charge in [0.25, 0.3) is 0 Å². The Labute approximate surface area is 81.2 Å². The molecule has 1 aliphatic rings. The first kappa shape index (κ1) is 10.6. The van der Waals surface area contributed by atoms with Crippen LogP contribution in [0.1, 0.15) is 19.3 Å². The third-order valence-corrected chi connectivity index (χ3v) is 2.05. The lowest BCUT2D eigenvalue weighted by atomic mass is 9.99. The molecule has 0 saturated carbocycles. The number of nitrogens with two attached hydrogens (primary N) is 1. The molecule has 0 aromatic rings. The molecule has 1 fully saturated rings. The highest BCUT2D eigenvalue weighted by Gasteiger charge is 2.33. The van der Waals surface area contributed by atoms with E-state index < -0.39 is 23.8 Å². The first-order valence-electron chi connectivity index (χ1n) is 4.51. The number of unbranched alkanes of at least 4 members (excludes halogenated alkanes) is 1. The van der Waals surface area contributed by atoms with Gasteiger partial charge in [-0.05, 0) is 19.4 Å². The molecule has 78 valence electrons. The highest BCUT2D eigenvalue weighted by Crippen LogP contribution is 2.11. The van der Waals surface area contributed by atoms with Crippen LogP contribution in [0.4, 0.5) is 4.79 Å². The molecule has 6 nitrogen and oxygen atoms in total. The minimum atomic E-state index is -0.751. The van der Waals surface area contributed by atoms with E-state index in [-0.39, 0.29) is 0 Å². The molecule has 0 unspecified atom stereocenters. The van der Waals surface area contributed by atoms with Crippen LogP contribution < -0.4 is 16.4 Å². The Balaban J connectivity index is 2.46. The second-order valence-corrected chi connectivity index (χ2v) is 3.14. The SMILES string of the molecule is NCCCCC1C(=O)NC(=O)NC1=O. The van der Waals surface area contributed by atoms with E-state index in [1.807, 2.05) is 10.6 Å². The molecule has 0 spiro atoms. The Morgan fingerprint density at radius 2 is 1.64 bits per heavy atom. The number of rotatable bonds is 4. The van der Waals surface area contributed by atoms with Crippen LogP contribution in [0, 0.1) is 5.92 Å². The first-order valence-corrected chi connectivity index (χ1v) is 4.51. The van der Waals surface area contributed by atoms with Crippen molar-refractivity contribution in [1.82, 2.24) is 10.6 Å². The van der Waals surface area contributed by atoms with Crippen LogP contribution in [0.2, 0.25) is 0 Å². The van der Waals surface area contributed by atoms with Gasteiger partial charge in [0.2, 0.25) is 11.8 Å². The van der Waals surface area contributed by atoms with Gasteiger partial charge >= 0.3 is 6.03 Å². The molecule has 0 bridgehead atoms. The Hall–Kier alpha value is -1.43. The standard InChI is InChI=1S/C8H13N3O3/c9-4-2-1-3-5-6(12)10-8(14)11-7(5)13/h5H,1-4,9H2,(H2,10,11,12,13,14). The lowest BCUT2D eigenvalue weighted by molar-refractivity contribution is -0.136. The fourth-order valence-corrected chi connectivity index (χ4v) is 1.30. The first-order chi connectivity index (χ1) is 6.65. The molecule has 14 heavy (non-hydrogen) atoms. The number of hydrogen-bond acceptors (Lipinski definition) is 4. The smallest absolute Gasteiger partial charge is 0.328 e. The van der Waals surface area contributed by atoms with Crippen molar-refractivity contribution in [3.63, 3.8) is 0 Å². The quantitative estimate of drug-likeness (QED) is 0.403. The molecule has 4 N–H and O–H groups in total. The molecule has 0 radical (unpaired) electrons. The van der Waals surface area contributed by atoms with Gasteiger partial charge in [0.1, 0.15) is 5.92 Å². The highest BCUT2D eigenvalue weighted by atomic mass is 16.2. The monoisotopic (exact) mass is 199 g/mol. The maximum Gasteiger partial charge on any atom is 0.328 e. The summed E-state index contributed by atoms with van der Waals surface area (Å²) in [4.78, 5) is 33.0. The lowest BCUT2D eigenvalue weighted by Gasteiger charge is -2.20. The van der Waals surface area contributed by atoms with E-state index in [2.05, 4.69) is 0 Å². The molecule has 1 saturated heterocycles. The Kier molecular flexibility index (Phi) is 3.58. The fourth-order valence-electron chi connectivity index (χ4n) is 1.30. The van der Waals surface area contributed by atoms with Gasteiger partial charge in [0.15, 0.2) is 0 Å². The number of amides is 4. The number of nitrogens with one attached hydrogen (secondary N) is 2. The lowest BCUT2D eigenvalue weighted by Crippen LogP contribution is -2.55. The molecule has 1 aliphatic heterocycles. The van der Waals surface area contributed by atoms with Gasteiger partial charge in [0, 0.05) is 0 Å². The summed E-state index contributed by atoms with van der Waals surface area (Å²) < 4.78 is 0. The van der Waals surface area contributed by atoms with Gasteiger partial charge in [-0.25, -0.2) is 4.79 Å². The van der Waals surface area contributed by atoms with Crippen molar-refractivity contribution in [2.45, 2.75) is 19.3 Å².